The van der Waals surface area contributed by atoms with Crippen molar-refractivity contribution in [3.8, 4) is 11.4 Å². The minimum absolute atomic E-state index is 0.158. The summed E-state index contributed by atoms with van der Waals surface area (Å²) < 4.78 is 1.86. The first-order chi connectivity index (χ1) is 11.5. The van der Waals surface area contributed by atoms with Gasteiger partial charge in [-0.3, -0.25) is 0 Å². The highest BCUT2D eigenvalue weighted by molar-refractivity contribution is 6.35. The van der Waals surface area contributed by atoms with Crippen molar-refractivity contribution in [2.75, 3.05) is 5.73 Å². The summed E-state index contributed by atoms with van der Waals surface area (Å²) in [4.78, 5) is 11.9. The number of nitrogen functional groups attached to an aromatic ring is 1. The lowest BCUT2D eigenvalue weighted by Crippen LogP contribution is -2.04. The maximum atomic E-state index is 6.34. The summed E-state index contributed by atoms with van der Waals surface area (Å²) in [6, 6.07) is 6.06. The van der Waals surface area contributed by atoms with Crippen LogP contribution in [0.2, 0.25) is 5.02 Å². The van der Waals surface area contributed by atoms with Gasteiger partial charge < -0.3 is 10.7 Å². The van der Waals surface area contributed by atoms with E-state index in [1.54, 1.807) is 0 Å². The van der Waals surface area contributed by atoms with Gasteiger partial charge in [0.25, 0.3) is 0 Å². The fraction of sp³-hybridized carbons (Fsp3) is 0.235. The van der Waals surface area contributed by atoms with Crippen LogP contribution in [0.1, 0.15) is 25.5 Å². The maximum absolute atomic E-state index is 6.34. The number of benzene rings is 1. The standard InChI is InChI=1S/C17H17ClN6/c1-8(2)24-17-13(16(19)20-7-21-17)15(23-24)12-6-10-11(18)5-4-9(3)14(10)22-12/h4-8,22H,1-3H3,(H2,19,20,21). The van der Waals surface area contributed by atoms with Crippen LogP contribution in [0.5, 0.6) is 0 Å². The second-order valence-electron chi connectivity index (χ2n) is 6.18. The van der Waals surface area contributed by atoms with Gasteiger partial charge >= 0.3 is 0 Å². The Bertz CT molecular complexity index is 1040. The van der Waals surface area contributed by atoms with Crippen molar-refractivity contribution in [2.24, 2.45) is 0 Å². The van der Waals surface area contributed by atoms with E-state index in [1.165, 1.54) is 6.33 Å². The Hall–Kier alpha value is -2.60. The Morgan fingerprint density at radius 3 is 2.75 bits per heavy atom. The number of aryl methyl sites for hydroxylation is 1. The van der Waals surface area contributed by atoms with Crippen LogP contribution in [0, 0.1) is 6.92 Å². The Labute approximate surface area is 143 Å². The van der Waals surface area contributed by atoms with Gasteiger partial charge in [-0.25, -0.2) is 14.6 Å². The first kappa shape index (κ1) is 15.0. The molecule has 0 saturated carbocycles. The molecule has 0 aliphatic heterocycles. The van der Waals surface area contributed by atoms with Gasteiger partial charge in [0.2, 0.25) is 0 Å². The van der Waals surface area contributed by atoms with Crippen molar-refractivity contribution in [2.45, 2.75) is 26.8 Å². The number of hydrogen-bond donors (Lipinski definition) is 2. The molecule has 0 fully saturated rings. The van der Waals surface area contributed by atoms with Crippen LogP contribution in [0.25, 0.3) is 33.3 Å². The number of H-pyrrole nitrogens is 1. The van der Waals surface area contributed by atoms with E-state index < -0.39 is 0 Å². The van der Waals surface area contributed by atoms with E-state index in [0.29, 0.717) is 10.8 Å². The summed E-state index contributed by atoms with van der Waals surface area (Å²) >= 11 is 6.34. The normalized spacial score (nSPS) is 11.9. The first-order valence-corrected chi connectivity index (χ1v) is 8.12. The first-order valence-electron chi connectivity index (χ1n) is 7.74. The molecule has 0 radical (unpaired) electrons. The summed E-state index contributed by atoms with van der Waals surface area (Å²) in [5.41, 5.74) is 10.6. The third-order valence-electron chi connectivity index (χ3n) is 4.21. The lowest BCUT2D eigenvalue weighted by atomic mass is 10.1. The Kier molecular flexibility index (Phi) is 3.25. The molecule has 0 spiro atoms. The molecule has 0 saturated heterocycles. The number of halogens is 1. The molecule has 0 unspecified atom stereocenters. The predicted octanol–water partition coefficient (Wildman–Crippen LogP) is 4.10. The molecule has 122 valence electrons. The SMILES string of the molecule is Cc1ccc(Cl)c2cc(-c3nn(C(C)C)c4ncnc(N)c34)[nH]c12. The maximum Gasteiger partial charge on any atom is 0.164 e. The summed E-state index contributed by atoms with van der Waals surface area (Å²) in [6.45, 7) is 6.16. The van der Waals surface area contributed by atoms with E-state index in [1.807, 2.05) is 29.8 Å². The zero-order chi connectivity index (χ0) is 17.0. The van der Waals surface area contributed by atoms with Crippen LogP contribution in [-0.2, 0) is 0 Å². The Balaban J connectivity index is 2.07. The summed E-state index contributed by atoms with van der Waals surface area (Å²) in [7, 11) is 0. The van der Waals surface area contributed by atoms with Crippen molar-refractivity contribution in [3.05, 3.63) is 35.1 Å². The quantitative estimate of drug-likeness (QED) is 0.575. The van der Waals surface area contributed by atoms with Crippen LogP contribution in [0.15, 0.2) is 24.5 Å². The molecule has 6 nitrogen and oxygen atoms in total. The van der Waals surface area contributed by atoms with E-state index >= 15 is 0 Å². The summed E-state index contributed by atoms with van der Waals surface area (Å²) in [6.07, 6.45) is 1.47. The van der Waals surface area contributed by atoms with E-state index in [4.69, 9.17) is 22.4 Å². The van der Waals surface area contributed by atoms with Crippen LogP contribution >= 0.6 is 11.6 Å². The number of nitrogens with one attached hydrogen (secondary N) is 1. The average molecular weight is 341 g/mol. The molecule has 4 aromatic rings. The van der Waals surface area contributed by atoms with Crippen LogP contribution in [0.4, 0.5) is 5.82 Å². The molecular weight excluding hydrogens is 324 g/mol. The van der Waals surface area contributed by atoms with Gasteiger partial charge in [-0.1, -0.05) is 17.7 Å². The van der Waals surface area contributed by atoms with Crippen LogP contribution in [0.3, 0.4) is 0 Å². The van der Waals surface area contributed by atoms with Crippen molar-refractivity contribution in [3.63, 3.8) is 0 Å². The highest BCUT2D eigenvalue weighted by Crippen LogP contribution is 2.35. The number of aromatic amines is 1. The summed E-state index contributed by atoms with van der Waals surface area (Å²) in [5, 5.41) is 7.16. The molecule has 7 heteroatoms. The third-order valence-corrected chi connectivity index (χ3v) is 4.54. The Morgan fingerprint density at radius 2 is 2.04 bits per heavy atom. The average Bonchev–Trinajstić information content (AvgIpc) is 3.14. The zero-order valence-corrected chi connectivity index (χ0v) is 14.4. The lowest BCUT2D eigenvalue weighted by molar-refractivity contribution is 0.547. The van der Waals surface area contributed by atoms with Crippen molar-refractivity contribution >= 4 is 39.4 Å². The molecule has 0 aliphatic rings. The second-order valence-corrected chi connectivity index (χ2v) is 6.59. The van der Waals surface area contributed by atoms with Crippen molar-refractivity contribution < 1.29 is 0 Å². The predicted molar refractivity (Wildman–Crippen MR) is 97.2 cm³/mol. The fourth-order valence-electron chi connectivity index (χ4n) is 3.00. The Morgan fingerprint density at radius 1 is 1.25 bits per heavy atom. The van der Waals surface area contributed by atoms with E-state index in [9.17, 15) is 0 Å². The highest BCUT2D eigenvalue weighted by Gasteiger charge is 2.20. The zero-order valence-electron chi connectivity index (χ0n) is 13.6. The number of fused-ring (bicyclic) bond motifs is 2. The third kappa shape index (κ3) is 2.06. The van der Waals surface area contributed by atoms with Crippen LogP contribution in [-0.4, -0.2) is 24.7 Å². The number of nitrogens with zero attached hydrogens (tertiary/aromatic N) is 4. The van der Waals surface area contributed by atoms with Gasteiger partial charge in [0.1, 0.15) is 17.8 Å². The monoisotopic (exact) mass is 340 g/mol. The topological polar surface area (TPSA) is 85.4 Å². The largest absolute Gasteiger partial charge is 0.383 e. The molecule has 0 aliphatic carbocycles. The molecule has 4 rings (SSSR count). The van der Waals surface area contributed by atoms with Gasteiger partial charge in [0.05, 0.1) is 16.6 Å². The minimum atomic E-state index is 0.158. The van der Waals surface area contributed by atoms with Gasteiger partial charge in [0, 0.05) is 16.5 Å². The smallest absolute Gasteiger partial charge is 0.164 e. The highest BCUT2D eigenvalue weighted by atomic mass is 35.5. The van der Waals surface area contributed by atoms with Crippen molar-refractivity contribution in [1.29, 1.82) is 0 Å². The molecule has 0 bridgehead atoms. The van der Waals surface area contributed by atoms with Gasteiger partial charge in [-0.05, 0) is 38.5 Å². The fourth-order valence-corrected chi connectivity index (χ4v) is 3.21. The van der Waals surface area contributed by atoms with E-state index in [0.717, 1.165) is 38.9 Å². The number of anilines is 1. The lowest BCUT2D eigenvalue weighted by Gasteiger charge is -2.05. The van der Waals surface area contributed by atoms with E-state index in [-0.39, 0.29) is 6.04 Å². The molecule has 3 aromatic heterocycles. The minimum Gasteiger partial charge on any atom is -0.383 e. The number of hydrogen-bond acceptors (Lipinski definition) is 4. The molecule has 3 heterocycles. The van der Waals surface area contributed by atoms with Crippen LogP contribution < -0.4 is 5.73 Å². The van der Waals surface area contributed by atoms with Gasteiger partial charge in [-0.15, -0.1) is 0 Å². The molecule has 0 atom stereocenters. The molecule has 0 amide bonds. The van der Waals surface area contributed by atoms with Crippen molar-refractivity contribution in [1.82, 2.24) is 24.7 Å². The second kappa shape index (κ2) is 5.21. The molecule has 1 aromatic carbocycles. The number of rotatable bonds is 2. The summed E-state index contributed by atoms with van der Waals surface area (Å²) in [5.74, 6) is 0.420. The molecule has 24 heavy (non-hydrogen) atoms. The molecular formula is C17H17ClN6. The molecule has 3 N–H and O–H groups in total. The van der Waals surface area contributed by atoms with Gasteiger partial charge in [0.15, 0.2) is 5.65 Å². The van der Waals surface area contributed by atoms with E-state index in [2.05, 4.69) is 28.8 Å². The number of nitrogens with two attached hydrogens (primary N) is 1. The van der Waals surface area contributed by atoms with Gasteiger partial charge in [-0.2, -0.15) is 5.10 Å². The number of aromatic nitrogens is 5.